The van der Waals surface area contributed by atoms with Gasteiger partial charge in [0.25, 0.3) is 0 Å². The predicted octanol–water partition coefficient (Wildman–Crippen LogP) is 3.13. The molecule has 0 heterocycles. The third kappa shape index (κ3) is 5.26. The van der Waals surface area contributed by atoms with Gasteiger partial charge in [0.05, 0.1) is 23.5 Å². The number of sulfonamides is 1. The summed E-state index contributed by atoms with van der Waals surface area (Å²) in [6.45, 7) is 1.69. The lowest BCUT2D eigenvalue weighted by atomic mass is 10.2. The molecule has 2 aromatic rings. The molecular formula is C17H18N2O4S. The van der Waals surface area contributed by atoms with Crippen molar-refractivity contribution in [2.75, 3.05) is 17.6 Å². The number of nitrogens with zero attached hydrogens (tertiary/aromatic N) is 1. The summed E-state index contributed by atoms with van der Waals surface area (Å²) in [4.78, 5) is 0. The predicted molar refractivity (Wildman–Crippen MR) is 91.6 cm³/mol. The van der Waals surface area contributed by atoms with Crippen LogP contribution in [-0.2, 0) is 14.8 Å². The molecule has 0 unspecified atom stereocenters. The number of methoxy groups -OCH3 is 1. The minimum atomic E-state index is -3.47. The minimum Gasteiger partial charge on any atom is -0.457 e. The van der Waals surface area contributed by atoms with E-state index in [0.29, 0.717) is 22.7 Å². The number of anilines is 1. The van der Waals surface area contributed by atoms with Crippen LogP contribution >= 0.6 is 0 Å². The van der Waals surface area contributed by atoms with Crippen LogP contribution in [0.2, 0.25) is 0 Å². The Balaban J connectivity index is 2.01. The Morgan fingerprint density at radius 3 is 2.12 bits per heavy atom. The minimum absolute atomic E-state index is 0.118. The SMILES string of the molecule is CO[C@@H](C)CS(=O)(=O)Nc1ccc(Oc2ccc(C#N)cc2)cc1. The van der Waals surface area contributed by atoms with Gasteiger partial charge in [-0.3, -0.25) is 4.72 Å². The van der Waals surface area contributed by atoms with Crippen molar-refractivity contribution in [3.63, 3.8) is 0 Å². The Morgan fingerprint density at radius 2 is 1.62 bits per heavy atom. The first-order valence-corrected chi connectivity index (χ1v) is 8.88. The van der Waals surface area contributed by atoms with Crippen molar-refractivity contribution >= 4 is 15.7 Å². The van der Waals surface area contributed by atoms with Gasteiger partial charge in [0, 0.05) is 12.8 Å². The van der Waals surface area contributed by atoms with Crippen molar-refractivity contribution < 1.29 is 17.9 Å². The third-order valence-corrected chi connectivity index (χ3v) is 4.66. The largest absolute Gasteiger partial charge is 0.457 e. The Morgan fingerprint density at radius 1 is 1.08 bits per heavy atom. The van der Waals surface area contributed by atoms with Gasteiger partial charge in [-0.15, -0.1) is 0 Å². The number of hydrogen-bond acceptors (Lipinski definition) is 5. The summed E-state index contributed by atoms with van der Waals surface area (Å²) in [5, 5.41) is 8.76. The number of ether oxygens (including phenoxy) is 2. The maximum atomic E-state index is 12.0. The van der Waals surface area contributed by atoms with Crippen molar-refractivity contribution in [3.05, 3.63) is 54.1 Å². The van der Waals surface area contributed by atoms with E-state index < -0.39 is 10.0 Å². The molecule has 0 aromatic heterocycles. The molecule has 0 fully saturated rings. The van der Waals surface area contributed by atoms with E-state index in [1.165, 1.54) is 7.11 Å². The third-order valence-electron chi connectivity index (χ3n) is 3.20. The molecule has 0 saturated heterocycles. The highest BCUT2D eigenvalue weighted by Gasteiger charge is 2.15. The fourth-order valence-corrected chi connectivity index (χ4v) is 3.26. The summed E-state index contributed by atoms with van der Waals surface area (Å²) in [5.41, 5.74) is 1.00. The van der Waals surface area contributed by atoms with Gasteiger partial charge in [0.2, 0.25) is 10.0 Å². The number of rotatable bonds is 7. The number of benzene rings is 2. The van der Waals surface area contributed by atoms with Gasteiger partial charge in [0.1, 0.15) is 11.5 Å². The number of nitrogens with one attached hydrogen (secondary N) is 1. The first-order chi connectivity index (χ1) is 11.4. The van der Waals surface area contributed by atoms with E-state index >= 15 is 0 Å². The summed E-state index contributed by atoms with van der Waals surface area (Å²) in [6, 6.07) is 15.3. The van der Waals surface area contributed by atoms with Crippen LogP contribution in [0.15, 0.2) is 48.5 Å². The van der Waals surface area contributed by atoms with Crippen molar-refractivity contribution in [2.45, 2.75) is 13.0 Å². The smallest absolute Gasteiger partial charge is 0.235 e. The molecule has 2 rings (SSSR count). The number of hydrogen-bond donors (Lipinski definition) is 1. The van der Waals surface area contributed by atoms with Gasteiger partial charge in [-0.2, -0.15) is 5.26 Å². The highest BCUT2D eigenvalue weighted by atomic mass is 32.2. The molecule has 1 atom stereocenters. The molecule has 0 bridgehead atoms. The van der Waals surface area contributed by atoms with E-state index in [4.69, 9.17) is 14.7 Å². The van der Waals surface area contributed by atoms with Crippen LogP contribution in [0.3, 0.4) is 0 Å². The van der Waals surface area contributed by atoms with Crippen LogP contribution < -0.4 is 9.46 Å². The van der Waals surface area contributed by atoms with Crippen LogP contribution in [0.5, 0.6) is 11.5 Å². The fourth-order valence-electron chi connectivity index (χ4n) is 1.92. The van der Waals surface area contributed by atoms with E-state index in [9.17, 15) is 8.42 Å². The van der Waals surface area contributed by atoms with Crippen molar-refractivity contribution in [2.24, 2.45) is 0 Å². The van der Waals surface area contributed by atoms with Gasteiger partial charge in [-0.25, -0.2) is 8.42 Å². The topological polar surface area (TPSA) is 88.4 Å². The molecule has 24 heavy (non-hydrogen) atoms. The van der Waals surface area contributed by atoms with E-state index in [1.54, 1.807) is 55.5 Å². The van der Waals surface area contributed by atoms with Crippen molar-refractivity contribution in [1.82, 2.24) is 0 Å². The molecule has 0 saturated carbocycles. The molecule has 0 amide bonds. The zero-order chi connectivity index (χ0) is 17.6. The average molecular weight is 346 g/mol. The Hall–Kier alpha value is -2.56. The van der Waals surface area contributed by atoms with Crippen LogP contribution in [0, 0.1) is 11.3 Å². The Labute approximate surface area is 141 Å². The molecule has 0 aliphatic heterocycles. The molecule has 0 radical (unpaired) electrons. The number of nitriles is 1. The second kappa shape index (κ2) is 7.81. The molecule has 2 aromatic carbocycles. The van der Waals surface area contributed by atoms with Gasteiger partial charge in [0.15, 0.2) is 0 Å². The molecule has 6 nitrogen and oxygen atoms in total. The highest BCUT2D eigenvalue weighted by molar-refractivity contribution is 7.92. The Bertz CT molecular complexity index is 809. The lowest BCUT2D eigenvalue weighted by Crippen LogP contribution is -2.25. The van der Waals surface area contributed by atoms with Crippen LogP contribution in [0.25, 0.3) is 0 Å². The van der Waals surface area contributed by atoms with E-state index in [0.717, 1.165) is 0 Å². The summed E-state index contributed by atoms with van der Waals surface area (Å²) < 4.78 is 37.0. The standard InChI is InChI=1S/C17H18N2O4S/c1-13(22-2)12-24(20,21)19-15-5-9-17(10-6-15)23-16-7-3-14(11-18)4-8-16/h3-10,13,19H,12H2,1-2H3/t13-/m0/s1. The van der Waals surface area contributed by atoms with E-state index in [-0.39, 0.29) is 11.9 Å². The molecule has 0 aliphatic carbocycles. The molecule has 126 valence electrons. The first kappa shape index (κ1) is 17.8. The maximum absolute atomic E-state index is 12.0. The van der Waals surface area contributed by atoms with Gasteiger partial charge >= 0.3 is 0 Å². The quantitative estimate of drug-likeness (QED) is 0.832. The normalized spacial score (nSPS) is 12.2. The summed E-state index contributed by atoms with van der Waals surface area (Å²) >= 11 is 0. The van der Waals surface area contributed by atoms with Crippen molar-refractivity contribution in [3.8, 4) is 17.6 Å². The summed E-state index contributed by atoms with van der Waals surface area (Å²) in [6.07, 6.45) is -0.388. The summed E-state index contributed by atoms with van der Waals surface area (Å²) in [5.74, 6) is 1.04. The van der Waals surface area contributed by atoms with Crippen molar-refractivity contribution in [1.29, 1.82) is 5.26 Å². The lowest BCUT2D eigenvalue weighted by Gasteiger charge is -2.12. The summed E-state index contributed by atoms with van der Waals surface area (Å²) in [7, 11) is -2.00. The maximum Gasteiger partial charge on any atom is 0.235 e. The van der Waals surface area contributed by atoms with Crippen LogP contribution in [0.1, 0.15) is 12.5 Å². The first-order valence-electron chi connectivity index (χ1n) is 7.23. The highest BCUT2D eigenvalue weighted by Crippen LogP contribution is 2.23. The molecule has 0 spiro atoms. The second-order valence-corrected chi connectivity index (χ2v) is 6.96. The molecule has 1 N–H and O–H groups in total. The monoisotopic (exact) mass is 346 g/mol. The molecule has 0 aliphatic rings. The second-order valence-electron chi connectivity index (χ2n) is 5.19. The van der Waals surface area contributed by atoms with E-state index in [1.807, 2.05) is 6.07 Å². The zero-order valence-electron chi connectivity index (χ0n) is 13.4. The van der Waals surface area contributed by atoms with Gasteiger partial charge < -0.3 is 9.47 Å². The fraction of sp³-hybridized carbons (Fsp3) is 0.235. The molecular weight excluding hydrogens is 328 g/mol. The zero-order valence-corrected chi connectivity index (χ0v) is 14.2. The van der Waals surface area contributed by atoms with Gasteiger partial charge in [-0.1, -0.05) is 0 Å². The van der Waals surface area contributed by atoms with Crippen LogP contribution in [0.4, 0.5) is 5.69 Å². The van der Waals surface area contributed by atoms with Gasteiger partial charge in [-0.05, 0) is 55.5 Å². The van der Waals surface area contributed by atoms with E-state index in [2.05, 4.69) is 4.72 Å². The molecule has 7 heteroatoms. The lowest BCUT2D eigenvalue weighted by molar-refractivity contribution is 0.136. The van der Waals surface area contributed by atoms with Crippen LogP contribution in [-0.4, -0.2) is 27.4 Å². The average Bonchev–Trinajstić information content (AvgIpc) is 2.56. The Kier molecular flexibility index (Phi) is 5.79.